The van der Waals surface area contributed by atoms with E-state index < -0.39 is 17.8 Å². The number of aliphatic hydroxyl groups excluding tert-OH is 2. The molecule has 2 N–H and O–H groups in total. The molecule has 0 rings (SSSR count). The highest BCUT2D eigenvalue weighted by Crippen LogP contribution is 2.13. The standard InChI is InChI=1S/C12H25NO4/c1-6-9(2)13(7-10(15)8-14)11(16)17-12(3,4)5/h9-10,14-15H,6-8H2,1-5H3/t9?,10-/m1/s1. The van der Waals surface area contributed by atoms with Crippen LogP contribution in [0.2, 0.25) is 0 Å². The van der Waals surface area contributed by atoms with Crippen LogP contribution in [0.25, 0.3) is 0 Å². The molecule has 0 saturated heterocycles. The Morgan fingerprint density at radius 1 is 1.41 bits per heavy atom. The zero-order valence-corrected chi connectivity index (χ0v) is 11.4. The predicted molar refractivity (Wildman–Crippen MR) is 65.8 cm³/mol. The Morgan fingerprint density at radius 3 is 2.29 bits per heavy atom. The summed E-state index contributed by atoms with van der Waals surface area (Å²) >= 11 is 0. The number of amides is 1. The number of hydrogen-bond acceptors (Lipinski definition) is 4. The van der Waals surface area contributed by atoms with Crippen molar-refractivity contribution in [3.05, 3.63) is 0 Å². The third-order valence-electron chi connectivity index (χ3n) is 2.37. The van der Waals surface area contributed by atoms with E-state index >= 15 is 0 Å². The van der Waals surface area contributed by atoms with Crippen LogP contribution in [-0.4, -0.2) is 52.1 Å². The number of aliphatic hydroxyl groups is 2. The fourth-order valence-electron chi connectivity index (χ4n) is 1.26. The maximum atomic E-state index is 11.9. The highest BCUT2D eigenvalue weighted by atomic mass is 16.6. The first kappa shape index (κ1) is 16.2. The molecular weight excluding hydrogens is 222 g/mol. The summed E-state index contributed by atoms with van der Waals surface area (Å²) in [5.74, 6) is 0. The first-order chi connectivity index (χ1) is 7.71. The van der Waals surface area contributed by atoms with Gasteiger partial charge in [0.2, 0.25) is 0 Å². The van der Waals surface area contributed by atoms with Gasteiger partial charge in [0, 0.05) is 6.04 Å². The monoisotopic (exact) mass is 247 g/mol. The molecule has 1 unspecified atom stereocenters. The summed E-state index contributed by atoms with van der Waals surface area (Å²) in [4.78, 5) is 13.4. The molecule has 0 radical (unpaired) electrons. The van der Waals surface area contributed by atoms with E-state index in [0.717, 1.165) is 6.42 Å². The summed E-state index contributed by atoms with van der Waals surface area (Å²) in [6.07, 6.45) is -0.631. The fraction of sp³-hybridized carbons (Fsp3) is 0.917. The van der Waals surface area contributed by atoms with E-state index in [-0.39, 0.29) is 19.2 Å². The summed E-state index contributed by atoms with van der Waals surface area (Å²) in [6, 6.07) is -0.0361. The quantitative estimate of drug-likeness (QED) is 0.770. The lowest BCUT2D eigenvalue weighted by Gasteiger charge is -2.32. The van der Waals surface area contributed by atoms with E-state index in [0.29, 0.717) is 0 Å². The van der Waals surface area contributed by atoms with Gasteiger partial charge in [0.25, 0.3) is 0 Å². The molecular formula is C12H25NO4. The topological polar surface area (TPSA) is 70.0 Å². The van der Waals surface area contributed by atoms with E-state index in [1.807, 2.05) is 13.8 Å². The molecule has 0 aliphatic rings. The number of carbonyl (C=O) groups excluding carboxylic acids is 1. The first-order valence-corrected chi connectivity index (χ1v) is 5.99. The van der Waals surface area contributed by atoms with Crippen LogP contribution >= 0.6 is 0 Å². The number of hydrogen-bond donors (Lipinski definition) is 2. The zero-order chi connectivity index (χ0) is 13.6. The highest BCUT2D eigenvalue weighted by molar-refractivity contribution is 5.68. The second kappa shape index (κ2) is 6.81. The summed E-state index contributed by atoms with van der Waals surface area (Å²) < 4.78 is 5.26. The second-order valence-electron chi connectivity index (χ2n) is 5.23. The number of carbonyl (C=O) groups is 1. The van der Waals surface area contributed by atoms with Gasteiger partial charge in [-0.1, -0.05) is 6.92 Å². The average molecular weight is 247 g/mol. The van der Waals surface area contributed by atoms with Crippen molar-refractivity contribution >= 4 is 6.09 Å². The van der Waals surface area contributed by atoms with Gasteiger partial charge in [-0.05, 0) is 34.1 Å². The molecule has 2 atom stereocenters. The molecule has 1 amide bonds. The van der Waals surface area contributed by atoms with E-state index in [1.165, 1.54) is 4.90 Å². The van der Waals surface area contributed by atoms with Gasteiger partial charge in [0.15, 0.2) is 0 Å². The van der Waals surface area contributed by atoms with Crippen molar-refractivity contribution in [1.29, 1.82) is 0 Å². The smallest absolute Gasteiger partial charge is 0.410 e. The maximum Gasteiger partial charge on any atom is 0.410 e. The van der Waals surface area contributed by atoms with Crippen LogP contribution in [0.5, 0.6) is 0 Å². The van der Waals surface area contributed by atoms with Gasteiger partial charge in [0.1, 0.15) is 5.60 Å². The van der Waals surface area contributed by atoms with Crippen LogP contribution in [0.4, 0.5) is 4.79 Å². The van der Waals surface area contributed by atoms with Gasteiger partial charge < -0.3 is 19.8 Å². The molecule has 0 saturated carbocycles. The van der Waals surface area contributed by atoms with Gasteiger partial charge >= 0.3 is 6.09 Å². The molecule has 0 aliphatic carbocycles. The third-order valence-corrected chi connectivity index (χ3v) is 2.37. The maximum absolute atomic E-state index is 11.9. The largest absolute Gasteiger partial charge is 0.444 e. The highest BCUT2D eigenvalue weighted by Gasteiger charge is 2.26. The Morgan fingerprint density at radius 2 is 1.94 bits per heavy atom. The summed E-state index contributed by atoms with van der Waals surface area (Å²) in [5, 5.41) is 18.2. The van der Waals surface area contributed by atoms with E-state index in [1.54, 1.807) is 20.8 Å². The molecule has 5 nitrogen and oxygen atoms in total. The third kappa shape index (κ3) is 6.48. The predicted octanol–water partition coefficient (Wildman–Crippen LogP) is 1.38. The van der Waals surface area contributed by atoms with Gasteiger partial charge in [-0.25, -0.2) is 4.79 Å². The van der Waals surface area contributed by atoms with E-state index in [9.17, 15) is 9.90 Å². The minimum Gasteiger partial charge on any atom is -0.444 e. The Balaban J connectivity index is 4.62. The van der Waals surface area contributed by atoms with Crippen molar-refractivity contribution in [3.63, 3.8) is 0 Å². The molecule has 0 heterocycles. The van der Waals surface area contributed by atoms with Crippen LogP contribution in [0, 0.1) is 0 Å². The minimum absolute atomic E-state index is 0.0361. The van der Waals surface area contributed by atoms with Crippen molar-refractivity contribution in [1.82, 2.24) is 4.90 Å². The molecule has 0 fully saturated rings. The Hall–Kier alpha value is -0.810. The SMILES string of the molecule is CCC(C)N(C[C@@H](O)CO)C(=O)OC(C)(C)C. The molecule has 0 spiro atoms. The second-order valence-corrected chi connectivity index (χ2v) is 5.23. The van der Waals surface area contributed by atoms with Crippen molar-refractivity contribution < 1.29 is 19.7 Å². The average Bonchev–Trinajstić information content (AvgIpc) is 2.21. The molecule has 0 bridgehead atoms. The van der Waals surface area contributed by atoms with Crippen molar-refractivity contribution in [2.75, 3.05) is 13.2 Å². The first-order valence-electron chi connectivity index (χ1n) is 5.99. The number of ether oxygens (including phenoxy) is 1. The molecule has 0 aromatic heterocycles. The molecule has 17 heavy (non-hydrogen) atoms. The lowest BCUT2D eigenvalue weighted by atomic mass is 10.2. The number of nitrogens with zero attached hydrogens (tertiary/aromatic N) is 1. The minimum atomic E-state index is -0.934. The van der Waals surface area contributed by atoms with Gasteiger partial charge in [0.05, 0.1) is 19.3 Å². The van der Waals surface area contributed by atoms with Crippen LogP contribution in [0.15, 0.2) is 0 Å². The van der Waals surface area contributed by atoms with Crippen molar-refractivity contribution in [3.8, 4) is 0 Å². The van der Waals surface area contributed by atoms with Gasteiger partial charge in [-0.3, -0.25) is 0 Å². The van der Waals surface area contributed by atoms with E-state index in [2.05, 4.69) is 0 Å². The van der Waals surface area contributed by atoms with Crippen LogP contribution in [0.1, 0.15) is 41.0 Å². The van der Waals surface area contributed by atoms with Gasteiger partial charge in [-0.2, -0.15) is 0 Å². The zero-order valence-electron chi connectivity index (χ0n) is 11.4. The molecule has 5 heteroatoms. The lowest BCUT2D eigenvalue weighted by molar-refractivity contribution is -0.00206. The Kier molecular flexibility index (Phi) is 6.49. The molecule has 0 aromatic carbocycles. The summed E-state index contributed by atoms with van der Waals surface area (Å²) in [5.41, 5.74) is -0.563. The molecule has 102 valence electrons. The Labute approximate surface area is 103 Å². The van der Waals surface area contributed by atoms with Gasteiger partial charge in [-0.15, -0.1) is 0 Å². The Bertz CT molecular complexity index is 237. The van der Waals surface area contributed by atoms with E-state index in [4.69, 9.17) is 9.84 Å². The lowest BCUT2D eigenvalue weighted by Crippen LogP contribution is -2.46. The van der Waals surface area contributed by atoms with Crippen molar-refractivity contribution in [2.24, 2.45) is 0 Å². The molecule has 0 aromatic rings. The van der Waals surface area contributed by atoms with Crippen LogP contribution < -0.4 is 0 Å². The fourth-order valence-corrected chi connectivity index (χ4v) is 1.26. The molecule has 0 aliphatic heterocycles. The normalized spacial score (nSPS) is 15.2. The summed E-state index contributed by atoms with van der Waals surface area (Å²) in [6.45, 7) is 8.93. The van der Waals surface area contributed by atoms with Crippen LogP contribution in [-0.2, 0) is 4.74 Å². The summed E-state index contributed by atoms with van der Waals surface area (Å²) in [7, 11) is 0. The van der Waals surface area contributed by atoms with Crippen LogP contribution in [0.3, 0.4) is 0 Å². The van der Waals surface area contributed by atoms with Crippen molar-refractivity contribution in [2.45, 2.75) is 58.8 Å². The number of rotatable bonds is 5.